The molecule has 3 rings (SSSR count). The summed E-state index contributed by atoms with van der Waals surface area (Å²) in [6.45, 7) is 13.2. The van der Waals surface area contributed by atoms with Crippen molar-refractivity contribution in [3.05, 3.63) is 36.0 Å². The van der Waals surface area contributed by atoms with Gasteiger partial charge in [0.1, 0.15) is 24.0 Å². The number of rotatable bonds is 9. The first kappa shape index (κ1) is 29.6. The fraction of sp³-hybridized carbons (Fsp3) is 0.733. The lowest BCUT2D eigenvalue weighted by Crippen LogP contribution is -2.41. The van der Waals surface area contributed by atoms with Gasteiger partial charge in [-0.2, -0.15) is 0 Å². The van der Waals surface area contributed by atoms with E-state index in [9.17, 15) is 14.0 Å². The van der Waals surface area contributed by atoms with Crippen LogP contribution in [0.3, 0.4) is 0 Å². The minimum atomic E-state index is -0.819. The number of alkyl halides is 1. The highest BCUT2D eigenvalue weighted by molar-refractivity contribution is 5.70. The zero-order chi connectivity index (χ0) is 27.3. The van der Waals surface area contributed by atoms with Gasteiger partial charge in [0.25, 0.3) is 0 Å². The molecular weight excluding hydrogens is 475 g/mol. The fourth-order valence-electron chi connectivity index (χ4n) is 5.54. The third kappa shape index (κ3) is 8.00. The van der Waals surface area contributed by atoms with Gasteiger partial charge in [-0.05, 0) is 57.1 Å². The largest absolute Gasteiger partial charge is 0.457 e. The van der Waals surface area contributed by atoms with Gasteiger partial charge in [-0.1, -0.05) is 52.0 Å². The molecule has 7 heteroatoms. The van der Waals surface area contributed by atoms with Crippen LogP contribution in [0.4, 0.5) is 4.39 Å². The molecule has 0 spiro atoms. The molecule has 3 heterocycles. The van der Waals surface area contributed by atoms with Crippen molar-refractivity contribution in [2.45, 2.75) is 123 Å². The Morgan fingerprint density at radius 2 is 2.03 bits per heavy atom. The molecule has 0 radical (unpaired) electrons. The van der Waals surface area contributed by atoms with Gasteiger partial charge in [0.2, 0.25) is 0 Å². The average molecular weight is 521 g/mol. The Balaban J connectivity index is 1.66. The summed E-state index contributed by atoms with van der Waals surface area (Å²) in [5, 5.41) is 0. The first-order valence-electron chi connectivity index (χ1n) is 13.8. The summed E-state index contributed by atoms with van der Waals surface area (Å²) < 4.78 is 37.4. The van der Waals surface area contributed by atoms with Crippen molar-refractivity contribution >= 4 is 11.9 Å². The average Bonchev–Trinajstić information content (AvgIpc) is 3.49. The van der Waals surface area contributed by atoms with Gasteiger partial charge in [0, 0.05) is 18.8 Å². The lowest BCUT2D eigenvalue weighted by atomic mass is 9.91. The van der Waals surface area contributed by atoms with E-state index in [1.807, 2.05) is 58.9 Å². The number of cyclic esters (lactones) is 1. The summed E-state index contributed by atoms with van der Waals surface area (Å²) in [6, 6.07) is 0. The van der Waals surface area contributed by atoms with Gasteiger partial charge in [0.05, 0.1) is 24.7 Å². The van der Waals surface area contributed by atoms with Crippen molar-refractivity contribution in [2.24, 2.45) is 17.8 Å². The van der Waals surface area contributed by atoms with Crippen LogP contribution >= 0.6 is 0 Å². The maximum atomic E-state index is 13.9. The van der Waals surface area contributed by atoms with Gasteiger partial charge in [-0.15, -0.1) is 0 Å². The van der Waals surface area contributed by atoms with Crippen molar-refractivity contribution in [3.8, 4) is 0 Å². The van der Waals surface area contributed by atoms with Crippen molar-refractivity contribution in [3.63, 3.8) is 0 Å². The molecule has 0 aliphatic carbocycles. The monoisotopic (exact) mass is 520 g/mol. The Morgan fingerprint density at radius 3 is 2.70 bits per heavy atom. The number of hydrogen-bond donors (Lipinski definition) is 0. The number of esters is 2. The molecule has 208 valence electrons. The Labute approximate surface area is 221 Å². The first-order chi connectivity index (χ1) is 17.4. The third-order valence-electron chi connectivity index (χ3n) is 7.97. The Hall–Kier alpha value is -1.99. The highest BCUT2D eigenvalue weighted by atomic mass is 19.1. The quantitative estimate of drug-likeness (QED) is 0.160. The Kier molecular flexibility index (Phi) is 10.2. The highest BCUT2D eigenvalue weighted by Crippen LogP contribution is 2.38. The molecule has 0 aromatic carbocycles. The lowest BCUT2D eigenvalue weighted by Gasteiger charge is -2.31. The minimum absolute atomic E-state index is 0.0134. The number of carbonyl (C=O) groups is 2. The van der Waals surface area contributed by atoms with Crippen LogP contribution in [0.2, 0.25) is 0 Å². The van der Waals surface area contributed by atoms with E-state index in [0.29, 0.717) is 19.3 Å². The number of allylic oxidation sites excluding steroid dienone is 3. The molecular formula is C30H45FO6. The molecule has 3 aliphatic heterocycles. The highest BCUT2D eigenvalue weighted by Gasteiger charge is 2.46. The summed E-state index contributed by atoms with van der Waals surface area (Å²) in [5.74, 6) is -0.579. The number of ether oxygens (including phenoxy) is 4. The molecule has 6 nitrogen and oxygen atoms in total. The van der Waals surface area contributed by atoms with Gasteiger partial charge in [-0.3, -0.25) is 9.59 Å². The SMILES string of the molecule is CCC(F)C(C)C1OC1CC(C)C=CC=C(C)C1OC(=O)CC2CCC(C)(O2)C(OC(C)=O)C=CC1C. The van der Waals surface area contributed by atoms with E-state index in [1.165, 1.54) is 6.92 Å². The molecule has 2 fully saturated rings. The van der Waals surface area contributed by atoms with E-state index < -0.39 is 24.0 Å². The molecule has 2 saturated heterocycles. The molecule has 2 bridgehead atoms. The lowest BCUT2D eigenvalue weighted by molar-refractivity contribution is -0.164. The summed E-state index contributed by atoms with van der Waals surface area (Å²) in [4.78, 5) is 24.6. The van der Waals surface area contributed by atoms with Crippen molar-refractivity contribution in [2.75, 3.05) is 0 Å². The minimum Gasteiger partial charge on any atom is -0.457 e. The van der Waals surface area contributed by atoms with E-state index >= 15 is 0 Å². The molecule has 3 aliphatic rings. The number of hydrogen-bond acceptors (Lipinski definition) is 6. The van der Waals surface area contributed by atoms with Crippen LogP contribution in [0.5, 0.6) is 0 Å². The van der Waals surface area contributed by atoms with Crippen LogP contribution in [-0.2, 0) is 28.5 Å². The van der Waals surface area contributed by atoms with Crippen LogP contribution in [0, 0.1) is 17.8 Å². The zero-order valence-electron chi connectivity index (χ0n) is 23.4. The van der Waals surface area contributed by atoms with E-state index in [1.54, 1.807) is 0 Å². The summed E-state index contributed by atoms with van der Waals surface area (Å²) >= 11 is 0. The maximum absolute atomic E-state index is 13.9. The third-order valence-corrected chi connectivity index (χ3v) is 7.97. The van der Waals surface area contributed by atoms with E-state index in [4.69, 9.17) is 18.9 Å². The second kappa shape index (κ2) is 12.7. The molecule has 37 heavy (non-hydrogen) atoms. The zero-order valence-corrected chi connectivity index (χ0v) is 23.4. The number of epoxide rings is 1. The molecule has 0 N–H and O–H groups in total. The normalized spacial score (nSPS) is 37.0. The van der Waals surface area contributed by atoms with Gasteiger partial charge in [0.15, 0.2) is 0 Å². The van der Waals surface area contributed by atoms with Crippen LogP contribution in [-0.4, -0.2) is 54.2 Å². The van der Waals surface area contributed by atoms with E-state index in [2.05, 4.69) is 13.0 Å². The maximum Gasteiger partial charge on any atom is 0.309 e. The summed E-state index contributed by atoms with van der Waals surface area (Å²) in [6.07, 6.45) is 10.9. The van der Waals surface area contributed by atoms with Crippen LogP contribution < -0.4 is 0 Å². The molecule has 0 amide bonds. The molecule has 0 aromatic heterocycles. The predicted octanol–water partition coefficient (Wildman–Crippen LogP) is 6.04. The van der Waals surface area contributed by atoms with Crippen molar-refractivity contribution in [1.82, 2.24) is 0 Å². The fourth-order valence-corrected chi connectivity index (χ4v) is 5.54. The predicted molar refractivity (Wildman–Crippen MR) is 141 cm³/mol. The Bertz CT molecular complexity index is 897. The molecule has 0 saturated carbocycles. The Morgan fingerprint density at radius 1 is 1.30 bits per heavy atom. The van der Waals surface area contributed by atoms with Crippen LogP contribution in [0.25, 0.3) is 0 Å². The first-order valence-corrected chi connectivity index (χ1v) is 13.8. The molecule has 10 atom stereocenters. The number of carbonyl (C=O) groups excluding carboxylic acids is 2. The van der Waals surface area contributed by atoms with Crippen molar-refractivity contribution in [1.29, 1.82) is 0 Å². The standard InChI is InChI=1S/C30H45FO6/c1-8-24(31)21(5)29-25(35-29)16-18(2)10-9-11-19(3)28-20(4)12-13-26(34-22(6)32)30(7)15-14-23(37-30)17-27(33)36-28/h9-13,18,20-21,23-26,28-29H,8,14-17H2,1-7H3. The summed E-state index contributed by atoms with van der Waals surface area (Å²) in [5.41, 5.74) is 0.257. The number of fused-ring (bicyclic) bond motifs is 2. The second-order valence-corrected chi connectivity index (χ2v) is 11.4. The van der Waals surface area contributed by atoms with E-state index in [0.717, 1.165) is 12.0 Å². The topological polar surface area (TPSA) is 74.4 Å². The summed E-state index contributed by atoms with van der Waals surface area (Å²) in [7, 11) is 0. The van der Waals surface area contributed by atoms with Crippen LogP contribution in [0.15, 0.2) is 36.0 Å². The van der Waals surface area contributed by atoms with Gasteiger partial charge in [-0.25, -0.2) is 4.39 Å². The molecule has 10 unspecified atom stereocenters. The van der Waals surface area contributed by atoms with Crippen molar-refractivity contribution < 1.29 is 32.9 Å². The van der Waals surface area contributed by atoms with E-state index in [-0.39, 0.29) is 54.4 Å². The van der Waals surface area contributed by atoms with Gasteiger partial charge >= 0.3 is 11.9 Å². The van der Waals surface area contributed by atoms with Gasteiger partial charge < -0.3 is 18.9 Å². The molecule has 0 aromatic rings. The smallest absolute Gasteiger partial charge is 0.309 e. The second-order valence-electron chi connectivity index (χ2n) is 11.4. The number of halogens is 1. The van der Waals surface area contributed by atoms with Crippen LogP contribution in [0.1, 0.15) is 80.6 Å².